The van der Waals surface area contributed by atoms with Crippen molar-refractivity contribution >= 4 is 22.3 Å². The van der Waals surface area contributed by atoms with Crippen molar-refractivity contribution in [2.24, 2.45) is 5.16 Å². The lowest BCUT2D eigenvalue weighted by Gasteiger charge is -2.29. The summed E-state index contributed by atoms with van der Waals surface area (Å²) in [4.78, 5) is 6.60. The predicted octanol–water partition coefficient (Wildman–Crippen LogP) is 2.37. The number of aromatic hydroxyl groups is 1. The van der Waals surface area contributed by atoms with E-state index in [4.69, 9.17) is 5.21 Å². The first kappa shape index (κ1) is 11.8. The van der Waals surface area contributed by atoms with E-state index in [2.05, 4.69) is 15.0 Å². The van der Waals surface area contributed by atoms with Gasteiger partial charge in [-0.2, -0.15) is 0 Å². The summed E-state index contributed by atoms with van der Waals surface area (Å²) >= 11 is 0. The van der Waals surface area contributed by atoms with Crippen LogP contribution in [0.1, 0.15) is 12.8 Å². The van der Waals surface area contributed by atoms with Crippen LogP contribution in [0.25, 0.3) is 10.8 Å². The SMILES string of the molecule is ON=C1CCN(c2nccc3ccc(O)cc23)CC1. The smallest absolute Gasteiger partial charge is 0.136 e. The highest BCUT2D eigenvalue weighted by Gasteiger charge is 2.18. The van der Waals surface area contributed by atoms with Gasteiger partial charge in [-0.1, -0.05) is 11.2 Å². The number of rotatable bonds is 1. The minimum absolute atomic E-state index is 0.247. The average molecular weight is 257 g/mol. The monoisotopic (exact) mass is 257 g/mol. The van der Waals surface area contributed by atoms with Crippen LogP contribution in [0.4, 0.5) is 5.82 Å². The van der Waals surface area contributed by atoms with Gasteiger partial charge in [0.25, 0.3) is 0 Å². The summed E-state index contributed by atoms with van der Waals surface area (Å²) in [6.07, 6.45) is 3.27. The second-order valence-corrected chi connectivity index (χ2v) is 4.69. The van der Waals surface area contributed by atoms with Gasteiger partial charge in [-0.25, -0.2) is 4.98 Å². The van der Waals surface area contributed by atoms with Gasteiger partial charge in [0.1, 0.15) is 11.6 Å². The maximum Gasteiger partial charge on any atom is 0.136 e. The summed E-state index contributed by atoms with van der Waals surface area (Å²) in [5, 5.41) is 23.7. The molecule has 98 valence electrons. The Morgan fingerprint density at radius 1 is 1.16 bits per heavy atom. The Labute approximate surface area is 110 Å². The van der Waals surface area contributed by atoms with Gasteiger partial charge in [0, 0.05) is 37.5 Å². The minimum atomic E-state index is 0.247. The summed E-state index contributed by atoms with van der Waals surface area (Å²) in [7, 11) is 0. The summed E-state index contributed by atoms with van der Waals surface area (Å²) in [6.45, 7) is 1.56. The highest BCUT2D eigenvalue weighted by atomic mass is 16.4. The largest absolute Gasteiger partial charge is 0.508 e. The van der Waals surface area contributed by atoms with E-state index >= 15 is 0 Å². The highest BCUT2D eigenvalue weighted by Crippen LogP contribution is 2.28. The molecule has 5 heteroatoms. The molecular weight excluding hydrogens is 242 g/mol. The van der Waals surface area contributed by atoms with Crippen LogP contribution < -0.4 is 4.90 Å². The zero-order valence-electron chi connectivity index (χ0n) is 10.5. The lowest BCUT2D eigenvalue weighted by Crippen LogP contribution is -2.34. The molecule has 0 spiro atoms. The van der Waals surface area contributed by atoms with Crippen molar-refractivity contribution in [3.8, 4) is 5.75 Å². The molecule has 0 saturated carbocycles. The molecule has 2 N–H and O–H groups in total. The molecule has 3 rings (SSSR count). The molecular formula is C14H15N3O2. The Bertz CT molecular complexity index is 630. The lowest BCUT2D eigenvalue weighted by molar-refractivity contribution is 0.315. The van der Waals surface area contributed by atoms with Gasteiger partial charge < -0.3 is 15.2 Å². The van der Waals surface area contributed by atoms with Crippen LogP contribution in [0.5, 0.6) is 5.75 Å². The van der Waals surface area contributed by atoms with Gasteiger partial charge in [-0.3, -0.25) is 0 Å². The van der Waals surface area contributed by atoms with Crippen LogP contribution in [0.3, 0.4) is 0 Å². The molecule has 0 unspecified atom stereocenters. The van der Waals surface area contributed by atoms with Crippen molar-refractivity contribution in [2.45, 2.75) is 12.8 Å². The molecule has 1 aliphatic heterocycles. The number of piperidine rings is 1. The van der Waals surface area contributed by atoms with Crippen molar-refractivity contribution < 1.29 is 10.3 Å². The number of anilines is 1. The van der Waals surface area contributed by atoms with Crippen LogP contribution in [-0.4, -0.2) is 34.1 Å². The molecule has 0 bridgehead atoms. The molecule has 0 atom stereocenters. The van der Waals surface area contributed by atoms with Crippen molar-refractivity contribution in [1.29, 1.82) is 0 Å². The zero-order valence-corrected chi connectivity index (χ0v) is 10.5. The van der Waals surface area contributed by atoms with Gasteiger partial charge in [0.15, 0.2) is 0 Å². The number of oxime groups is 1. The summed E-state index contributed by atoms with van der Waals surface area (Å²) < 4.78 is 0. The molecule has 1 saturated heterocycles. The molecule has 19 heavy (non-hydrogen) atoms. The quantitative estimate of drug-likeness (QED) is 0.608. The van der Waals surface area contributed by atoms with Crippen LogP contribution in [0.2, 0.25) is 0 Å². The number of benzene rings is 1. The Balaban J connectivity index is 1.99. The fourth-order valence-corrected chi connectivity index (χ4v) is 2.47. The third-order valence-electron chi connectivity index (χ3n) is 3.51. The number of phenols is 1. The second-order valence-electron chi connectivity index (χ2n) is 4.69. The van der Waals surface area contributed by atoms with Crippen molar-refractivity contribution in [1.82, 2.24) is 4.98 Å². The first-order valence-corrected chi connectivity index (χ1v) is 6.30. The Kier molecular flexibility index (Phi) is 2.95. The van der Waals surface area contributed by atoms with Gasteiger partial charge in [-0.15, -0.1) is 0 Å². The molecule has 0 amide bonds. The third kappa shape index (κ3) is 2.19. The molecule has 0 radical (unpaired) electrons. The number of fused-ring (bicyclic) bond motifs is 1. The maximum absolute atomic E-state index is 9.63. The number of hydrogen-bond donors (Lipinski definition) is 2. The summed E-state index contributed by atoms with van der Waals surface area (Å²) in [6, 6.07) is 7.25. The standard InChI is InChI=1S/C14H15N3O2/c18-12-2-1-10-3-6-15-14(13(10)9-12)17-7-4-11(16-19)5-8-17/h1-3,6,9,18-19H,4-5,7-8H2. The van der Waals surface area contributed by atoms with E-state index in [9.17, 15) is 5.11 Å². The highest BCUT2D eigenvalue weighted by molar-refractivity contribution is 5.94. The van der Waals surface area contributed by atoms with Gasteiger partial charge in [0.05, 0.1) is 5.71 Å². The lowest BCUT2D eigenvalue weighted by atomic mass is 10.1. The van der Waals surface area contributed by atoms with Crippen LogP contribution >= 0.6 is 0 Å². The van der Waals surface area contributed by atoms with Gasteiger partial charge in [-0.05, 0) is 23.6 Å². The number of nitrogens with zero attached hydrogens (tertiary/aromatic N) is 3. The topological polar surface area (TPSA) is 69.0 Å². The Hall–Kier alpha value is -2.30. The summed E-state index contributed by atoms with van der Waals surface area (Å²) in [5.41, 5.74) is 0.833. The van der Waals surface area contributed by atoms with Gasteiger partial charge >= 0.3 is 0 Å². The van der Waals surface area contributed by atoms with Crippen LogP contribution in [-0.2, 0) is 0 Å². The Morgan fingerprint density at radius 2 is 1.95 bits per heavy atom. The van der Waals surface area contributed by atoms with Crippen LogP contribution in [0.15, 0.2) is 35.6 Å². The van der Waals surface area contributed by atoms with Crippen molar-refractivity contribution in [2.75, 3.05) is 18.0 Å². The molecule has 0 aliphatic carbocycles. The van der Waals surface area contributed by atoms with Gasteiger partial charge in [0.2, 0.25) is 0 Å². The van der Waals surface area contributed by atoms with E-state index in [1.165, 1.54) is 0 Å². The van der Waals surface area contributed by atoms with E-state index < -0.39 is 0 Å². The Morgan fingerprint density at radius 3 is 2.68 bits per heavy atom. The molecule has 1 aliphatic rings. The number of pyridine rings is 1. The first-order chi connectivity index (χ1) is 9.28. The number of hydrogen-bond acceptors (Lipinski definition) is 5. The normalized spacial score (nSPS) is 15.8. The fraction of sp³-hybridized carbons (Fsp3) is 0.286. The van der Waals surface area contributed by atoms with Crippen molar-refractivity contribution in [3.05, 3.63) is 30.5 Å². The minimum Gasteiger partial charge on any atom is -0.508 e. The summed E-state index contributed by atoms with van der Waals surface area (Å²) in [5.74, 6) is 1.13. The maximum atomic E-state index is 9.63. The van der Waals surface area contributed by atoms with E-state index in [1.807, 2.05) is 12.1 Å². The fourth-order valence-electron chi connectivity index (χ4n) is 2.47. The molecule has 1 aromatic carbocycles. The van der Waals surface area contributed by atoms with E-state index in [1.54, 1.807) is 18.3 Å². The molecule has 1 aromatic heterocycles. The van der Waals surface area contributed by atoms with Crippen LogP contribution in [0, 0.1) is 0 Å². The molecule has 1 fully saturated rings. The zero-order chi connectivity index (χ0) is 13.2. The molecule has 5 nitrogen and oxygen atoms in total. The molecule has 2 aromatic rings. The van der Waals surface area contributed by atoms with E-state index in [-0.39, 0.29) is 5.75 Å². The van der Waals surface area contributed by atoms with Crippen molar-refractivity contribution in [3.63, 3.8) is 0 Å². The molecule has 2 heterocycles. The number of phenolic OH excluding ortho intramolecular Hbond substituents is 1. The van der Waals surface area contributed by atoms with E-state index in [0.29, 0.717) is 0 Å². The predicted molar refractivity (Wildman–Crippen MR) is 74.1 cm³/mol. The average Bonchev–Trinajstić information content (AvgIpc) is 2.47. The van der Waals surface area contributed by atoms with E-state index in [0.717, 1.165) is 48.2 Å². The third-order valence-corrected chi connectivity index (χ3v) is 3.51. The number of aromatic nitrogens is 1. The first-order valence-electron chi connectivity index (χ1n) is 6.30. The second kappa shape index (κ2) is 4.76.